The molecule has 1 aromatic carbocycles. The van der Waals surface area contributed by atoms with Gasteiger partial charge in [0.1, 0.15) is 0 Å². The van der Waals surface area contributed by atoms with E-state index in [0.717, 1.165) is 5.56 Å². The highest BCUT2D eigenvalue weighted by Crippen LogP contribution is 2.28. The molecule has 84 valence electrons. The quantitative estimate of drug-likeness (QED) is 0.257. The topological polar surface area (TPSA) is 84.3 Å². The minimum absolute atomic E-state index is 0.229. The lowest BCUT2D eigenvalue weighted by Gasteiger charge is -2.08. The fraction of sp³-hybridized carbons (Fsp3) is 0.300. The second-order valence-corrected chi connectivity index (χ2v) is 2.97. The van der Waals surface area contributed by atoms with Gasteiger partial charge in [-0.3, -0.25) is 4.79 Å². The molecule has 0 fully saturated rings. The van der Waals surface area contributed by atoms with Gasteiger partial charge in [-0.15, -0.1) is 0 Å². The number of ether oxygens (including phenoxy) is 2. The molecule has 1 rings (SSSR count). The number of hydrogen-bond acceptors (Lipinski definition) is 4. The molecular weight excluding hydrogens is 210 g/mol. The van der Waals surface area contributed by atoms with Crippen LogP contribution in [0.3, 0.4) is 0 Å². The number of rotatable bonds is 4. The second kappa shape index (κ2) is 5.63. The first-order valence-corrected chi connectivity index (χ1v) is 4.53. The Bertz CT molecular complexity index is 439. The van der Waals surface area contributed by atoms with E-state index in [4.69, 9.17) is 15.0 Å². The van der Waals surface area contributed by atoms with Crippen LogP contribution in [0.4, 0.5) is 0 Å². The van der Waals surface area contributed by atoms with Gasteiger partial charge in [0.15, 0.2) is 11.5 Å². The summed E-state index contributed by atoms with van der Waals surface area (Å²) in [4.78, 5) is 13.5. The average Bonchev–Trinajstić information content (AvgIpc) is 2.27. The number of hydrogen-bond donors (Lipinski definition) is 0. The number of nitrogens with zero attached hydrogens (tertiary/aromatic N) is 3. The minimum atomic E-state index is -0.416. The van der Waals surface area contributed by atoms with Crippen molar-refractivity contribution in [3.63, 3.8) is 0 Å². The fourth-order valence-corrected chi connectivity index (χ4v) is 1.16. The number of carbonyl (C=O) groups is 1. The fourth-order valence-electron chi connectivity index (χ4n) is 1.16. The van der Waals surface area contributed by atoms with Crippen molar-refractivity contribution in [1.82, 2.24) is 0 Å². The van der Waals surface area contributed by atoms with Crippen LogP contribution >= 0.6 is 0 Å². The van der Waals surface area contributed by atoms with Crippen molar-refractivity contribution in [2.24, 2.45) is 5.11 Å². The first-order chi connectivity index (χ1) is 7.67. The van der Waals surface area contributed by atoms with Crippen LogP contribution in [0.5, 0.6) is 11.5 Å². The van der Waals surface area contributed by atoms with Gasteiger partial charge in [0, 0.05) is 11.8 Å². The standard InChI is InChI=1S/C10H11N3O3/c1-7(14)16-9-4-3-8(6-12-13-11)5-10(9)15-2/h3-5H,6H2,1-2H3. The molecule has 0 radical (unpaired) electrons. The van der Waals surface area contributed by atoms with Crippen molar-refractivity contribution in [3.05, 3.63) is 34.2 Å². The number of azide groups is 1. The van der Waals surface area contributed by atoms with Gasteiger partial charge in [-0.2, -0.15) is 0 Å². The molecule has 1 aromatic rings. The van der Waals surface area contributed by atoms with Crippen molar-refractivity contribution in [3.8, 4) is 11.5 Å². The predicted octanol–water partition coefficient (Wildman–Crippen LogP) is 2.43. The van der Waals surface area contributed by atoms with Crippen LogP contribution in [0.1, 0.15) is 12.5 Å². The third-order valence-electron chi connectivity index (χ3n) is 1.80. The van der Waals surface area contributed by atoms with Crippen molar-refractivity contribution >= 4 is 5.97 Å². The molecular formula is C10H11N3O3. The molecule has 0 unspecified atom stereocenters. The molecule has 6 nitrogen and oxygen atoms in total. The summed E-state index contributed by atoms with van der Waals surface area (Å²) < 4.78 is 9.98. The van der Waals surface area contributed by atoms with E-state index in [9.17, 15) is 4.79 Å². The Hall–Kier alpha value is -2.20. The summed E-state index contributed by atoms with van der Waals surface area (Å²) in [6.07, 6.45) is 0. The van der Waals surface area contributed by atoms with E-state index in [-0.39, 0.29) is 6.54 Å². The van der Waals surface area contributed by atoms with E-state index in [1.807, 2.05) is 0 Å². The Morgan fingerprint density at radius 2 is 2.25 bits per heavy atom. The van der Waals surface area contributed by atoms with E-state index in [2.05, 4.69) is 10.0 Å². The lowest BCUT2D eigenvalue weighted by atomic mass is 10.2. The molecule has 0 amide bonds. The summed E-state index contributed by atoms with van der Waals surface area (Å²) in [6.45, 7) is 1.54. The first kappa shape index (κ1) is 11.9. The number of esters is 1. The molecule has 0 aliphatic rings. The monoisotopic (exact) mass is 221 g/mol. The summed E-state index contributed by atoms with van der Waals surface area (Å²) in [5.41, 5.74) is 8.97. The third kappa shape index (κ3) is 3.18. The molecule has 0 aliphatic carbocycles. The van der Waals surface area contributed by atoms with Crippen LogP contribution in [0.15, 0.2) is 23.3 Å². The van der Waals surface area contributed by atoms with Crippen LogP contribution < -0.4 is 9.47 Å². The normalized spacial score (nSPS) is 9.12. The summed E-state index contributed by atoms with van der Waals surface area (Å²) >= 11 is 0. The van der Waals surface area contributed by atoms with E-state index >= 15 is 0 Å². The van der Waals surface area contributed by atoms with Crippen molar-refractivity contribution in [2.45, 2.75) is 13.5 Å². The van der Waals surface area contributed by atoms with Crippen LogP contribution in [0.2, 0.25) is 0 Å². The molecule has 0 aromatic heterocycles. The highest BCUT2D eigenvalue weighted by molar-refractivity contribution is 5.70. The maximum atomic E-state index is 10.8. The Labute approximate surface area is 92.4 Å². The van der Waals surface area contributed by atoms with Gasteiger partial charge in [-0.1, -0.05) is 11.2 Å². The lowest BCUT2D eigenvalue weighted by Crippen LogP contribution is -2.03. The van der Waals surface area contributed by atoms with E-state index < -0.39 is 5.97 Å². The molecule has 0 N–H and O–H groups in total. The number of carbonyl (C=O) groups excluding carboxylic acids is 1. The van der Waals surface area contributed by atoms with Crippen LogP contribution in [-0.4, -0.2) is 13.1 Å². The minimum Gasteiger partial charge on any atom is -0.493 e. The van der Waals surface area contributed by atoms with Gasteiger partial charge in [-0.05, 0) is 23.2 Å². The third-order valence-corrected chi connectivity index (χ3v) is 1.80. The Morgan fingerprint density at radius 1 is 1.50 bits per heavy atom. The molecule has 0 aliphatic heterocycles. The summed E-state index contributed by atoms with van der Waals surface area (Å²) in [5, 5.41) is 3.43. The van der Waals surface area contributed by atoms with E-state index in [1.54, 1.807) is 18.2 Å². The number of methoxy groups -OCH3 is 1. The number of benzene rings is 1. The Kier molecular flexibility index (Phi) is 4.17. The predicted molar refractivity (Wildman–Crippen MR) is 57.2 cm³/mol. The zero-order valence-electron chi connectivity index (χ0n) is 9.01. The maximum absolute atomic E-state index is 10.8. The average molecular weight is 221 g/mol. The van der Waals surface area contributed by atoms with Crippen LogP contribution in [0.25, 0.3) is 10.4 Å². The molecule has 0 saturated heterocycles. The van der Waals surface area contributed by atoms with Crippen LogP contribution in [0, 0.1) is 0 Å². The summed E-state index contributed by atoms with van der Waals surface area (Å²) in [5.74, 6) is 0.363. The van der Waals surface area contributed by atoms with Gasteiger partial charge < -0.3 is 9.47 Å². The first-order valence-electron chi connectivity index (χ1n) is 4.53. The van der Waals surface area contributed by atoms with Crippen molar-refractivity contribution < 1.29 is 14.3 Å². The summed E-state index contributed by atoms with van der Waals surface area (Å²) in [6, 6.07) is 4.96. The molecule has 16 heavy (non-hydrogen) atoms. The zero-order valence-corrected chi connectivity index (χ0v) is 9.01. The lowest BCUT2D eigenvalue weighted by molar-refractivity contribution is -0.132. The molecule has 0 heterocycles. The van der Waals surface area contributed by atoms with Crippen molar-refractivity contribution in [1.29, 1.82) is 0 Å². The van der Waals surface area contributed by atoms with Crippen LogP contribution in [-0.2, 0) is 11.3 Å². The van der Waals surface area contributed by atoms with Gasteiger partial charge in [-0.25, -0.2) is 0 Å². The van der Waals surface area contributed by atoms with E-state index in [0.29, 0.717) is 11.5 Å². The van der Waals surface area contributed by atoms with E-state index in [1.165, 1.54) is 14.0 Å². The highest BCUT2D eigenvalue weighted by atomic mass is 16.6. The van der Waals surface area contributed by atoms with Gasteiger partial charge in [0.05, 0.1) is 13.7 Å². The summed E-state index contributed by atoms with van der Waals surface area (Å²) in [7, 11) is 1.47. The van der Waals surface area contributed by atoms with Gasteiger partial charge in [0.25, 0.3) is 0 Å². The largest absolute Gasteiger partial charge is 0.493 e. The maximum Gasteiger partial charge on any atom is 0.308 e. The Morgan fingerprint density at radius 3 is 2.81 bits per heavy atom. The Balaban J connectivity index is 2.96. The van der Waals surface area contributed by atoms with Gasteiger partial charge in [0.2, 0.25) is 0 Å². The zero-order chi connectivity index (χ0) is 12.0. The molecule has 6 heteroatoms. The molecule has 0 spiro atoms. The molecule has 0 saturated carbocycles. The van der Waals surface area contributed by atoms with Crippen molar-refractivity contribution in [2.75, 3.05) is 7.11 Å². The SMILES string of the molecule is COc1cc(CN=[N+]=[N-])ccc1OC(C)=O. The molecule has 0 atom stereocenters. The second-order valence-electron chi connectivity index (χ2n) is 2.97. The molecule has 0 bridgehead atoms. The smallest absolute Gasteiger partial charge is 0.308 e. The highest BCUT2D eigenvalue weighted by Gasteiger charge is 2.07. The van der Waals surface area contributed by atoms with Gasteiger partial charge >= 0.3 is 5.97 Å².